The zero-order valence-corrected chi connectivity index (χ0v) is 16.5. The number of aliphatic imine (C=N–C) groups is 1. The van der Waals surface area contributed by atoms with E-state index in [1.807, 2.05) is 25.5 Å². The largest absolute Gasteiger partial charge is 0.356 e. The molecule has 1 saturated heterocycles. The maximum Gasteiger partial charge on any atom is 0.191 e. The second-order valence-electron chi connectivity index (χ2n) is 5.48. The highest BCUT2D eigenvalue weighted by molar-refractivity contribution is 14.0. The first-order valence-corrected chi connectivity index (χ1v) is 8.89. The summed E-state index contributed by atoms with van der Waals surface area (Å²) in [5.74, 6) is 2.19. The van der Waals surface area contributed by atoms with Crippen molar-refractivity contribution < 1.29 is 0 Å². The molecule has 7 heteroatoms. The van der Waals surface area contributed by atoms with Crippen LogP contribution in [0.5, 0.6) is 0 Å². The summed E-state index contributed by atoms with van der Waals surface area (Å²) < 4.78 is 0. The van der Waals surface area contributed by atoms with Gasteiger partial charge in [0, 0.05) is 43.2 Å². The Morgan fingerprint density at radius 1 is 1.48 bits per heavy atom. The first-order chi connectivity index (χ1) is 10.9. The molecular weight excluding hydrogens is 421 g/mol. The fourth-order valence-electron chi connectivity index (χ4n) is 2.77. The molecular formula is C16H24IN5S. The Morgan fingerprint density at radius 3 is 3.17 bits per heavy atom. The van der Waals surface area contributed by atoms with Crippen molar-refractivity contribution in [3.8, 4) is 0 Å². The molecule has 1 aliphatic rings. The first kappa shape index (κ1) is 18.4. The first-order valence-electron chi connectivity index (χ1n) is 7.84. The Kier molecular flexibility index (Phi) is 7.48. The van der Waals surface area contributed by atoms with Crippen molar-refractivity contribution in [1.82, 2.24) is 20.6 Å². The summed E-state index contributed by atoms with van der Waals surface area (Å²) in [6, 6.07) is 4.09. The third-order valence-corrected chi connectivity index (χ3v) is 5.37. The molecule has 3 N–H and O–H groups in total. The lowest BCUT2D eigenvalue weighted by Crippen LogP contribution is -2.40. The van der Waals surface area contributed by atoms with Crippen LogP contribution in [0.4, 0.5) is 0 Å². The fourth-order valence-corrected chi connectivity index (χ4v) is 3.97. The number of aromatic amines is 1. The smallest absolute Gasteiger partial charge is 0.191 e. The number of hydrogen-bond donors (Lipinski definition) is 3. The predicted molar refractivity (Wildman–Crippen MR) is 110 cm³/mol. The van der Waals surface area contributed by atoms with Crippen LogP contribution in [0, 0.1) is 0 Å². The molecule has 0 amide bonds. The van der Waals surface area contributed by atoms with Gasteiger partial charge in [0.1, 0.15) is 5.65 Å². The Morgan fingerprint density at radius 2 is 2.39 bits per heavy atom. The number of thioether (sulfide) groups is 1. The van der Waals surface area contributed by atoms with Gasteiger partial charge in [-0.1, -0.05) is 0 Å². The van der Waals surface area contributed by atoms with Gasteiger partial charge in [0.15, 0.2) is 5.96 Å². The van der Waals surface area contributed by atoms with Gasteiger partial charge in [0.05, 0.1) is 0 Å². The standard InChI is InChI=1S/C16H23N5S.HI/c1-17-16(21-11-13-4-3-9-22-13)19-8-6-12-10-20-15-14(12)5-2-7-18-15;/h2,5,7,10,13H,3-4,6,8-9,11H2,1H3,(H,18,20)(H2,17,19,21);1H. The minimum absolute atomic E-state index is 0. The molecule has 126 valence electrons. The van der Waals surface area contributed by atoms with Gasteiger partial charge in [-0.25, -0.2) is 4.98 Å². The van der Waals surface area contributed by atoms with E-state index in [0.717, 1.165) is 36.4 Å². The van der Waals surface area contributed by atoms with Crippen LogP contribution in [0.15, 0.2) is 29.5 Å². The van der Waals surface area contributed by atoms with Crippen LogP contribution >= 0.6 is 35.7 Å². The fraction of sp³-hybridized carbons (Fsp3) is 0.500. The van der Waals surface area contributed by atoms with Gasteiger partial charge in [-0.05, 0) is 42.7 Å². The van der Waals surface area contributed by atoms with Crippen molar-refractivity contribution in [3.05, 3.63) is 30.1 Å². The van der Waals surface area contributed by atoms with Crippen molar-refractivity contribution in [2.75, 3.05) is 25.9 Å². The number of pyridine rings is 1. The summed E-state index contributed by atoms with van der Waals surface area (Å²) >= 11 is 2.06. The van der Waals surface area contributed by atoms with E-state index in [-0.39, 0.29) is 24.0 Å². The topological polar surface area (TPSA) is 65.1 Å². The highest BCUT2D eigenvalue weighted by atomic mass is 127. The van der Waals surface area contributed by atoms with Crippen LogP contribution in [0.25, 0.3) is 11.0 Å². The van der Waals surface area contributed by atoms with E-state index in [1.54, 1.807) is 0 Å². The number of aromatic nitrogens is 2. The molecule has 3 rings (SSSR count). The quantitative estimate of drug-likeness (QED) is 0.376. The molecule has 5 nitrogen and oxygen atoms in total. The van der Waals surface area contributed by atoms with Gasteiger partial charge in [-0.3, -0.25) is 4.99 Å². The van der Waals surface area contributed by atoms with E-state index in [9.17, 15) is 0 Å². The molecule has 1 unspecified atom stereocenters. The Hall–Kier alpha value is -0.960. The summed E-state index contributed by atoms with van der Waals surface area (Å²) in [5.41, 5.74) is 2.25. The summed E-state index contributed by atoms with van der Waals surface area (Å²) in [6.07, 6.45) is 7.47. The van der Waals surface area contributed by atoms with E-state index in [0.29, 0.717) is 0 Å². The number of fused-ring (bicyclic) bond motifs is 1. The van der Waals surface area contributed by atoms with Crippen LogP contribution < -0.4 is 10.6 Å². The maximum absolute atomic E-state index is 4.32. The zero-order chi connectivity index (χ0) is 15.2. The van der Waals surface area contributed by atoms with E-state index in [2.05, 4.69) is 43.4 Å². The minimum atomic E-state index is 0. The van der Waals surface area contributed by atoms with Gasteiger partial charge in [-0.15, -0.1) is 24.0 Å². The second kappa shape index (κ2) is 9.36. The highest BCUT2D eigenvalue weighted by Gasteiger charge is 2.15. The van der Waals surface area contributed by atoms with Gasteiger partial charge in [0.2, 0.25) is 0 Å². The molecule has 0 radical (unpaired) electrons. The van der Waals surface area contributed by atoms with Crippen LogP contribution in [-0.4, -0.2) is 47.1 Å². The van der Waals surface area contributed by atoms with Crippen molar-refractivity contribution >= 4 is 52.7 Å². The predicted octanol–water partition coefficient (Wildman–Crippen LogP) is 2.78. The van der Waals surface area contributed by atoms with Crippen LogP contribution in [-0.2, 0) is 6.42 Å². The van der Waals surface area contributed by atoms with Crippen LogP contribution in [0.3, 0.4) is 0 Å². The molecule has 2 aromatic rings. The van der Waals surface area contributed by atoms with E-state index < -0.39 is 0 Å². The number of nitrogens with one attached hydrogen (secondary N) is 3. The molecule has 1 atom stereocenters. The normalized spacial score (nSPS) is 18.0. The molecule has 2 aromatic heterocycles. The molecule has 1 aliphatic heterocycles. The molecule has 0 spiro atoms. The van der Waals surface area contributed by atoms with Crippen molar-refractivity contribution in [2.24, 2.45) is 4.99 Å². The van der Waals surface area contributed by atoms with Crippen molar-refractivity contribution in [2.45, 2.75) is 24.5 Å². The number of nitrogens with zero attached hydrogens (tertiary/aromatic N) is 2. The van der Waals surface area contributed by atoms with Crippen LogP contribution in [0.1, 0.15) is 18.4 Å². The average Bonchev–Trinajstić information content (AvgIpc) is 3.20. The summed E-state index contributed by atoms with van der Waals surface area (Å²) in [7, 11) is 1.83. The number of halogens is 1. The number of H-pyrrole nitrogens is 1. The lowest BCUT2D eigenvalue weighted by Gasteiger charge is -2.14. The van der Waals surface area contributed by atoms with Crippen LogP contribution in [0.2, 0.25) is 0 Å². The minimum Gasteiger partial charge on any atom is -0.356 e. The molecule has 0 aromatic carbocycles. The maximum atomic E-state index is 4.32. The van der Waals surface area contributed by atoms with Crippen molar-refractivity contribution in [1.29, 1.82) is 0 Å². The third kappa shape index (κ3) is 5.00. The second-order valence-corrected chi connectivity index (χ2v) is 6.89. The Balaban J connectivity index is 0.00000192. The Labute approximate surface area is 158 Å². The average molecular weight is 445 g/mol. The lowest BCUT2D eigenvalue weighted by atomic mass is 10.1. The molecule has 3 heterocycles. The summed E-state index contributed by atoms with van der Waals surface area (Å²) in [4.78, 5) is 11.8. The Bertz CT molecular complexity index is 636. The van der Waals surface area contributed by atoms with Gasteiger partial charge < -0.3 is 15.6 Å². The highest BCUT2D eigenvalue weighted by Crippen LogP contribution is 2.25. The van der Waals surface area contributed by atoms with Gasteiger partial charge in [0.25, 0.3) is 0 Å². The molecule has 23 heavy (non-hydrogen) atoms. The van der Waals surface area contributed by atoms with Gasteiger partial charge >= 0.3 is 0 Å². The van der Waals surface area contributed by atoms with E-state index in [1.165, 1.54) is 29.5 Å². The number of rotatable bonds is 5. The van der Waals surface area contributed by atoms with Gasteiger partial charge in [-0.2, -0.15) is 11.8 Å². The SMILES string of the molecule is CN=C(NCCc1c[nH]c2ncccc12)NCC1CCCS1.I. The monoisotopic (exact) mass is 445 g/mol. The third-order valence-electron chi connectivity index (χ3n) is 3.97. The molecule has 0 bridgehead atoms. The number of hydrogen-bond acceptors (Lipinski definition) is 3. The lowest BCUT2D eigenvalue weighted by molar-refractivity contribution is 0.724. The summed E-state index contributed by atoms with van der Waals surface area (Å²) in [5, 5.41) is 8.76. The van der Waals surface area contributed by atoms with Crippen molar-refractivity contribution in [3.63, 3.8) is 0 Å². The number of guanidine groups is 1. The zero-order valence-electron chi connectivity index (χ0n) is 13.3. The molecule has 0 saturated carbocycles. The molecule has 1 fully saturated rings. The van der Waals surface area contributed by atoms with E-state index >= 15 is 0 Å². The molecule has 0 aliphatic carbocycles. The summed E-state index contributed by atoms with van der Waals surface area (Å²) in [6.45, 7) is 1.86. The van der Waals surface area contributed by atoms with E-state index in [4.69, 9.17) is 0 Å².